The molecule has 25 heavy (non-hydrogen) atoms. The number of hydrogen-bond acceptors (Lipinski definition) is 3. The first-order valence-electron chi connectivity index (χ1n) is 8.44. The van der Waals surface area contributed by atoms with Crippen LogP contribution in [0.5, 0.6) is 0 Å². The molecule has 6 heteroatoms. The lowest BCUT2D eigenvalue weighted by Crippen LogP contribution is -2.36. The monoisotopic (exact) mass is 339 g/mol. The molecule has 0 saturated heterocycles. The van der Waals surface area contributed by atoms with E-state index in [0.29, 0.717) is 25.5 Å². The number of anilines is 1. The molecule has 2 rings (SSSR count). The van der Waals surface area contributed by atoms with Crippen molar-refractivity contribution >= 4 is 17.6 Å². The van der Waals surface area contributed by atoms with Crippen molar-refractivity contribution in [3.8, 4) is 0 Å². The lowest BCUT2D eigenvalue weighted by Gasteiger charge is -2.12. The molecule has 2 aromatic rings. The first kappa shape index (κ1) is 18.4. The first-order chi connectivity index (χ1) is 12.2. The predicted octanol–water partition coefficient (Wildman–Crippen LogP) is 2.69. The summed E-state index contributed by atoms with van der Waals surface area (Å²) in [5.74, 6) is 0.742. The van der Waals surface area contributed by atoms with E-state index < -0.39 is 0 Å². The lowest BCUT2D eigenvalue weighted by molar-refractivity contribution is -0.116. The summed E-state index contributed by atoms with van der Waals surface area (Å²) in [6.45, 7) is 3.20. The average molecular weight is 339 g/mol. The molecule has 0 radical (unpaired) electrons. The SMILES string of the molecule is CCCC(=O)Nc1cccc(CNC(=NC)NCc2ccccn2)c1. The highest BCUT2D eigenvalue weighted by molar-refractivity contribution is 5.90. The molecule has 0 bridgehead atoms. The van der Waals surface area contributed by atoms with Gasteiger partial charge in [-0.25, -0.2) is 0 Å². The van der Waals surface area contributed by atoms with Gasteiger partial charge in [-0.3, -0.25) is 14.8 Å². The summed E-state index contributed by atoms with van der Waals surface area (Å²) in [7, 11) is 1.73. The molecule has 1 amide bonds. The van der Waals surface area contributed by atoms with Gasteiger partial charge in [0, 0.05) is 31.9 Å². The molecule has 0 spiro atoms. The zero-order valence-electron chi connectivity index (χ0n) is 14.7. The van der Waals surface area contributed by atoms with Gasteiger partial charge >= 0.3 is 0 Å². The highest BCUT2D eigenvalue weighted by Crippen LogP contribution is 2.11. The molecular weight excluding hydrogens is 314 g/mol. The first-order valence-corrected chi connectivity index (χ1v) is 8.44. The maximum absolute atomic E-state index is 11.7. The zero-order chi connectivity index (χ0) is 17.9. The van der Waals surface area contributed by atoms with Crippen LogP contribution < -0.4 is 16.0 Å². The summed E-state index contributed by atoms with van der Waals surface area (Å²) < 4.78 is 0. The third kappa shape index (κ3) is 6.63. The van der Waals surface area contributed by atoms with Crippen molar-refractivity contribution in [2.45, 2.75) is 32.9 Å². The third-order valence-corrected chi connectivity index (χ3v) is 3.53. The Balaban J connectivity index is 1.85. The quantitative estimate of drug-likeness (QED) is 0.535. The van der Waals surface area contributed by atoms with Crippen molar-refractivity contribution in [2.75, 3.05) is 12.4 Å². The maximum Gasteiger partial charge on any atom is 0.224 e. The summed E-state index contributed by atoms with van der Waals surface area (Å²) in [4.78, 5) is 20.2. The summed E-state index contributed by atoms with van der Waals surface area (Å²) in [6, 6.07) is 13.6. The number of aromatic nitrogens is 1. The van der Waals surface area contributed by atoms with Crippen LogP contribution in [0.2, 0.25) is 0 Å². The Morgan fingerprint density at radius 2 is 1.96 bits per heavy atom. The van der Waals surface area contributed by atoms with Gasteiger partial charge in [-0.15, -0.1) is 0 Å². The Morgan fingerprint density at radius 1 is 1.12 bits per heavy atom. The number of pyridine rings is 1. The summed E-state index contributed by atoms with van der Waals surface area (Å²) >= 11 is 0. The van der Waals surface area contributed by atoms with Gasteiger partial charge in [-0.2, -0.15) is 0 Å². The van der Waals surface area contributed by atoms with Gasteiger partial charge < -0.3 is 16.0 Å². The number of carbonyl (C=O) groups is 1. The number of carbonyl (C=O) groups excluding carboxylic acids is 1. The smallest absolute Gasteiger partial charge is 0.224 e. The van der Waals surface area contributed by atoms with Crippen molar-refractivity contribution in [3.05, 3.63) is 59.9 Å². The van der Waals surface area contributed by atoms with Crippen LogP contribution >= 0.6 is 0 Å². The Kier molecular flexibility index (Phi) is 7.43. The van der Waals surface area contributed by atoms with Gasteiger partial charge in [0.15, 0.2) is 5.96 Å². The largest absolute Gasteiger partial charge is 0.352 e. The van der Waals surface area contributed by atoms with E-state index in [2.05, 4.69) is 25.9 Å². The molecule has 132 valence electrons. The Morgan fingerprint density at radius 3 is 2.68 bits per heavy atom. The molecule has 1 aromatic carbocycles. The molecule has 3 N–H and O–H groups in total. The van der Waals surface area contributed by atoms with Crippen LogP contribution in [-0.2, 0) is 17.9 Å². The molecule has 0 aliphatic rings. The minimum Gasteiger partial charge on any atom is -0.352 e. The normalized spacial score (nSPS) is 11.0. The van der Waals surface area contributed by atoms with Crippen molar-refractivity contribution in [2.24, 2.45) is 4.99 Å². The molecule has 0 atom stereocenters. The summed E-state index contributed by atoms with van der Waals surface area (Å²) in [5.41, 5.74) is 2.83. The molecule has 0 unspecified atom stereocenters. The van der Waals surface area contributed by atoms with Crippen LogP contribution in [0, 0.1) is 0 Å². The fourth-order valence-corrected chi connectivity index (χ4v) is 2.29. The number of nitrogens with one attached hydrogen (secondary N) is 3. The van der Waals surface area contributed by atoms with Gasteiger partial charge in [0.1, 0.15) is 0 Å². The van der Waals surface area contributed by atoms with Crippen LogP contribution in [-0.4, -0.2) is 23.9 Å². The van der Waals surface area contributed by atoms with E-state index in [0.717, 1.165) is 23.4 Å². The van der Waals surface area contributed by atoms with Gasteiger partial charge in [-0.1, -0.05) is 25.1 Å². The Bertz CT molecular complexity index is 700. The minimum atomic E-state index is 0.0421. The van der Waals surface area contributed by atoms with Crippen molar-refractivity contribution in [3.63, 3.8) is 0 Å². The van der Waals surface area contributed by atoms with E-state index in [4.69, 9.17) is 0 Å². The molecule has 0 saturated carbocycles. The number of benzene rings is 1. The zero-order valence-corrected chi connectivity index (χ0v) is 14.7. The number of amides is 1. The van der Waals surface area contributed by atoms with Crippen LogP contribution in [0.25, 0.3) is 0 Å². The van der Waals surface area contributed by atoms with Crippen molar-refractivity contribution in [1.29, 1.82) is 0 Å². The average Bonchev–Trinajstić information content (AvgIpc) is 2.63. The highest BCUT2D eigenvalue weighted by atomic mass is 16.1. The second kappa shape index (κ2) is 10.1. The molecule has 0 aliphatic heterocycles. The van der Waals surface area contributed by atoms with E-state index in [1.54, 1.807) is 13.2 Å². The molecule has 1 heterocycles. The molecule has 6 nitrogen and oxygen atoms in total. The van der Waals surface area contributed by atoms with Crippen molar-refractivity contribution < 1.29 is 4.79 Å². The highest BCUT2D eigenvalue weighted by Gasteiger charge is 2.03. The van der Waals surface area contributed by atoms with Crippen LogP contribution in [0.4, 0.5) is 5.69 Å². The topological polar surface area (TPSA) is 78.4 Å². The summed E-state index contributed by atoms with van der Waals surface area (Å²) in [5, 5.41) is 9.40. The Labute approximate surface area is 148 Å². The van der Waals surface area contributed by atoms with Crippen LogP contribution in [0.15, 0.2) is 53.7 Å². The number of hydrogen-bond donors (Lipinski definition) is 3. The summed E-state index contributed by atoms with van der Waals surface area (Å²) in [6.07, 6.45) is 3.14. The predicted molar refractivity (Wildman–Crippen MR) is 101 cm³/mol. The van der Waals surface area contributed by atoms with E-state index in [1.807, 2.05) is 49.4 Å². The molecule has 0 aliphatic carbocycles. The van der Waals surface area contributed by atoms with E-state index in [1.165, 1.54) is 0 Å². The second-order valence-electron chi connectivity index (χ2n) is 5.60. The fraction of sp³-hybridized carbons (Fsp3) is 0.316. The van der Waals surface area contributed by atoms with E-state index in [9.17, 15) is 4.79 Å². The number of rotatable bonds is 7. The standard InChI is InChI=1S/C19H25N5O/c1-3-7-18(25)24-16-10-6-8-15(12-16)13-22-19(20-2)23-14-17-9-4-5-11-21-17/h4-6,8-12H,3,7,13-14H2,1-2H3,(H,24,25)(H2,20,22,23). The van der Waals surface area contributed by atoms with E-state index >= 15 is 0 Å². The lowest BCUT2D eigenvalue weighted by atomic mass is 10.2. The molecule has 0 fully saturated rings. The second-order valence-corrected chi connectivity index (χ2v) is 5.60. The van der Waals surface area contributed by atoms with Gasteiger partial charge in [0.25, 0.3) is 0 Å². The number of nitrogens with zero attached hydrogens (tertiary/aromatic N) is 2. The number of guanidine groups is 1. The van der Waals surface area contributed by atoms with Crippen LogP contribution in [0.3, 0.4) is 0 Å². The fourth-order valence-electron chi connectivity index (χ4n) is 2.29. The van der Waals surface area contributed by atoms with Crippen LogP contribution in [0.1, 0.15) is 31.0 Å². The van der Waals surface area contributed by atoms with Gasteiger partial charge in [0.05, 0.1) is 12.2 Å². The van der Waals surface area contributed by atoms with Gasteiger partial charge in [0.2, 0.25) is 5.91 Å². The Hall–Kier alpha value is -2.89. The maximum atomic E-state index is 11.7. The minimum absolute atomic E-state index is 0.0421. The van der Waals surface area contributed by atoms with E-state index in [-0.39, 0.29) is 5.91 Å². The third-order valence-electron chi connectivity index (χ3n) is 3.53. The molecular formula is C19H25N5O. The molecule has 1 aromatic heterocycles. The van der Waals surface area contributed by atoms with Crippen molar-refractivity contribution in [1.82, 2.24) is 15.6 Å². The number of aliphatic imine (C=N–C) groups is 1. The van der Waals surface area contributed by atoms with Gasteiger partial charge in [-0.05, 0) is 36.2 Å².